The summed E-state index contributed by atoms with van der Waals surface area (Å²) in [6, 6.07) is 0.320. The van der Waals surface area contributed by atoms with Crippen molar-refractivity contribution < 1.29 is 22.9 Å². The number of aromatic nitrogens is 1. The summed E-state index contributed by atoms with van der Waals surface area (Å²) in [6.45, 7) is 0. The minimum atomic E-state index is -3.26. The number of halogens is 4. The zero-order valence-electron chi connectivity index (χ0n) is 7.29. The molecule has 1 rings (SSSR count). The van der Waals surface area contributed by atoms with Crippen molar-refractivity contribution in [2.24, 2.45) is 0 Å². The van der Waals surface area contributed by atoms with E-state index in [-0.39, 0.29) is 0 Å². The molecular formula is C7H2ClF3N2O3. The number of hydrogen-bond acceptors (Lipinski definition) is 4. The molecule has 0 spiro atoms. The summed E-state index contributed by atoms with van der Waals surface area (Å²) in [4.78, 5) is 22.3. The number of pyridine rings is 1. The van der Waals surface area contributed by atoms with Gasteiger partial charge in [-0.2, -0.15) is 4.39 Å². The molecule has 0 radical (unpaired) electrons. The van der Waals surface area contributed by atoms with Gasteiger partial charge in [-0.1, -0.05) is 0 Å². The van der Waals surface area contributed by atoms with Crippen LogP contribution in [0.5, 0.6) is 0 Å². The molecule has 0 saturated carbocycles. The van der Waals surface area contributed by atoms with E-state index in [0.717, 1.165) is 0 Å². The monoisotopic (exact) mass is 254 g/mol. The maximum absolute atomic E-state index is 12.9. The number of alkyl halides is 2. The van der Waals surface area contributed by atoms with Crippen molar-refractivity contribution in [2.75, 3.05) is 0 Å². The number of nitro groups is 1. The Morgan fingerprint density at radius 2 is 2.12 bits per heavy atom. The third-order valence-electron chi connectivity index (χ3n) is 1.60. The molecule has 86 valence electrons. The second-order valence-electron chi connectivity index (χ2n) is 2.57. The van der Waals surface area contributed by atoms with Gasteiger partial charge < -0.3 is 10.1 Å². The van der Waals surface area contributed by atoms with Gasteiger partial charge in [0.05, 0.1) is 0 Å². The van der Waals surface area contributed by atoms with Gasteiger partial charge >= 0.3 is 11.8 Å². The Hall–Kier alpha value is -1.70. The highest BCUT2D eigenvalue weighted by Gasteiger charge is 2.29. The molecule has 0 aliphatic carbocycles. The SMILES string of the molecule is O=C(Cl)c1cc(C(F)F)c([N+](=O)[O-])nc1F. The Morgan fingerprint density at radius 1 is 1.56 bits per heavy atom. The standard InChI is InChI=1S/C7H2ClF3N2O3/c8-4(14)2-1-3(5(9)10)7(13(15)16)12-6(2)11/h1,5H. The van der Waals surface area contributed by atoms with Crippen LogP contribution in [-0.2, 0) is 0 Å². The minimum absolute atomic E-state index is 0.320. The van der Waals surface area contributed by atoms with Crippen LogP contribution in [0.2, 0.25) is 0 Å². The van der Waals surface area contributed by atoms with Gasteiger partial charge in [-0.15, -0.1) is 0 Å². The van der Waals surface area contributed by atoms with Crippen LogP contribution in [0.4, 0.5) is 19.0 Å². The molecule has 0 aliphatic rings. The average Bonchev–Trinajstić information content (AvgIpc) is 2.15. The largest absolute Gasteiger partial charge is 0.375 e. The molecule has 0 aliphatic heterocycles. The molecule has 1 heterocycles. The fourth-order valence-corrected chi connectivity index (χ4v) is 1.07. The van der Waals surface area contributed by atoms with Gasteiger partial charge in [0.25, 0.3) is 11.7 Å². The lowest BCUT2D eigenvalue weighted by Crippen LogP contribution is -2.06. The summed E-state index contributed by atoms with van der Waals surface area (Å²) < 4.78 is 37.6. The number of rotatable bonds is 3. The molecule has 9 heteroatoms. The normalized spacial score (nSPS) is 10.6. The lowest BCUT2D eigenvalue weighted by molar-refractivity contribution is -0.391. The molecule has 0 fully saturated rings. The van der Waals surface area contributed by atoms with Crippen molar-refractivity contribution in [2.45, 2.75) is 6.43 Å². The summed E-state index contributed by atoms with van der Waals surface area (Å²) in [5, 5.41) is 8.93. The van der Waals surface area contributed by atoms with Gasteiger partial charge in [-0.3, -0.25) is 4.79 Å². The topological polar surface area (TPSA) is 73.1 Å². The van der Waals surface area contributed by atoms with Gasteiger partial charge in [0.2, 0.25) is 0 Å². The lowest BCUT2D eigenvalue weighted by Gasteiger charge is -2.02. The van der Waals surface area contributed by atoms with E-state index in [4.69, 9.17) is 11.6 Å². The maximum Gasteiger partial charge on any atom is 0.375 e. The van der Waals surface area contributed by atoms with Crippen molar-refractivity contribution in [1.82, 2.24) is 4.98 Å². The van der Waals surface area contributed by atoms with E-state index in [2.05, 4.69) is 4.98 Å². The highest BCUT2D eigenvalue weighted by Crippen LogP contribution is 2.29. The van der Waals surface area contributed by atoms with Crippen LogP contribution >= 0.6 is 11.6 Å². The highest BCUT2D eigenvalue weighted by molar-refractivity contribution is 6.67. The first-order chi connectivity index (χ1) is 7.34. The summed E-state index contributed by atoms with van der Waals surface area (Å²) in [5.74, 6) is -2.90. The lowest BCUT2D eigenvalue weighted by atomic mass is 10.2. The maximum atomic E-state index is 12.9. The van der Waals surface area contributed by atoms with Crippen LogP contribution in [0.1, 0.15) is 22.3 Å². The zero-order chi connectivity index (χ0) is 12.5. The Labute approximate surface area is 91.0 Å². The summed E-state index contributed by atoms with van der Waals surface area (Å²) in [6.07, 6.45) is -3.26. The Bertz CT molecular complexity index is 466. The summed E-state index contributed by atoms with van der Waals surface area (Å²) in [7, 11) is 0. The molecule has 0 unspecified atom stereocenters. The predicted molar refractivity (Wildman–Crippen MR) is 46.0 cm³/mol. The van der Waals surface area contributed by atoms with Gasteiger partial charge in [0.1, 0.15) is 11.1 Å². The second-order valence-corrected chi connectivity index (χ2v) is 2.91. The fraction of sp³-hybridized carbons (Fsp3) is 0.143. The molecule has 1 aromatic heterocycles. The van der Waals surface area contributed by atoms with Crippen LogP contribution in [0, 0.1) is 16.1 Å². The molecular weight excluding hydrogens is 253 g/mol. The van der Waals surface area contributed by atoms with Crippen LogP contribution in [0.3, 0.4) is 0 Å². The Kier molecular flexibility index (Phi) is 3.43. The number of carbonyl (C=O) groups is 1. The minimum Gasteiger partial charge on any atom is -0.358 e. The van der Waals surface area contributed by atoms with E-state index in [1.807, 2.05) is 0 Å². The molecule has 0 amide bonds. The average molecular weight is 255 g/mol. The fourth-order valence-electron chi connectivity index (χ4n) is 0.942. The van der Waals surface area contributed by atoms with Crippen molar-refractivity contribution >= 4 is 22.7 Å². The molecule has 0 atom stereocenters. The third kappa shape index (κ3) is 2.27. The molecule has 0 aromatic carbocycles. The molecule has 1 aromatic rings. The molecule has 0 N–H and O–H groups in total. The highest BCUT2D eigenvalue weighted by atomic mass is 35.5. The second kappa shape index (κ2) is 4.44. The first-order valence-corrected chi connectivity index (χ1v) is 4.05. The van der Waals surface area contributed by atoms with Crippen LogP contribution in [0.15, 0.2) is 6.07 Å². The van der Waals surface area contributed by atoms with E-state index in [1.165, 1.54) is 0 Å². The van der Waals surface area contributed by atoms with E-state index < -0.39 is 39.5 Å². The molecule has 16 heavy (non-hydrogen) atoms. The van der Waals surface area contributed by atoms with E-state index in [0.29, 0.717) is 6.07 Å². The number of hydrogen-bond donors (Lipinski definition) is 0. The van der Waals surface area contributed by atoms with Crippen molar-refractivity contribution in [1.29, 1.82) is 0 Å². The van der Waals surface area contributed by atoms with Crippen molar-refractivity contribution in [3.8, 4) is 0 Å². The number of nitrogens with zero attached hydrogens (tertiary/aromatic N) is 2. The molecule has 5 nitrogen and oxygen atoms in total. The molecule has 0 bridgehead atoms. The smallest absolute Gasteiger partial charge is 0.358 e. The summed E-state index contributed by atoms with van der Waals surface area (Å²) >= 11 is 4.88. The van der Waals surface area contributed by atoms with E-state index in [1.54, 1.807) is 0 Å². The van der Waals surface area contributed by atoms with Gasteiger partial charge in [0.15, 0.2) is 0 Å². The van der Waals surface area contributed by atoms with Crippen LogP contribution in [-0.4, -0.2) is 15.1 Å². The van der Waals surface area contributed by atoms with Crippen molar-refractivity contribution in [3.05, 3.63) is 33.3 Å². The predicted octanol–water partition coefficient (Wildman–Crippen LogP) is 2.45. The quantitative estimate of drug-likeness (QED) is 0.359. The first kappa shape index (κ1) is 12.4. The Balaban J connectivity index is 3.49. The zero-order valence-corrected chi connectivity index (χ0v) is 8.04. The third-order valence-corrected chi connectivity index (χ3v) is 1.81. The summed E-state index contributed by atoms with van der Waals surface area (Å²) in [5.41, 5.74) is -2.09. The van der Waals surface area contributed by atoms with Gasteiger partial charge in [0, 0.05) is 0 Å². The number of carbonyl (C=O) groups excluding carboxylic acids is 1. The van der Waals surface area contributed by atoms with E-state index in [9.17, 15) is 28.1 Å². The van der Waals surface area contributed by atoms with Crippen molar-refractivity contribution in [3.63, 3.8) is 0 Å². The van der Waals surface area contributed by atoms with Crippen LogP contribution < -0.4 is 0 Å². The van der Waals surface area contributed by atoms with E-state index >= 15 is 0 Å². The van der Waals surface area contributed by atoms with Gasteiger partial charge in [-0.05, 0) is 27.6 Å². The Morgan fingerprint density at radius 3 is 2.50 bits per heavy atom. The molecule has 0 saturated heterocycles. The van der Waals surface area contributed by atoms with Gasteiger partial charge in [-0.25, -0.2) is 8.78 Å². The van der Waals surface area contributed by atoms with Crippen LogP contribution in [0.25, 0.3) is 0 Å². The first-order valence-electron chi connectivity index (χ1n) is 3.67.